The minimum atomic E-state index is -0.228. The van der Waals surface area contributed by atoms with Gasteiger partial charge in [-0.05, 0) is 40.8 Å². The van der Waals surface area contributed by atoms with Gasteiger partial charge in [0, 0.05) is 11.9 Å². The Morgan fingerprint density at radius 2 is 1.94 bits per heavy atom. The van der Waals surface area contributed by atoms with Crippen LogP contribution in [0.25, 0.3) is 0 Å². The molecule has 0 radical (unpaired) electrons. The van der Waals surface area contributed by atoms with Gasteiger partial charge in [0.05, 0.1) is 11.3 Å². The van der Waals surface area contributed by atoms with Gasteiger partial charge in [-0.25, -0.2) is 4.98 Å². The topological polar surface area (TPSA) is 68.0 Å². The number of aromatic nitrogens is 1. The lowest BCUT2D eigenvalue weighted by Gasteiger charge is -2.07. The molecule has 0 bridgehead atoms. The van der Waals surface area contributed by atoms with Gasteiger partial charge in [-0.2, -0.15) is 0 Å². The van der Waals surface area contributed by atoms with Crippen molar-refractivity contribution in [3.05, 3.63) is 51.9 Å². The van der Waals surface area contributed by atoms with Crippen LogP contribution in [-0.4, -0.2) is 10.9 Å². The zero-order valence-electron chi connectivity index (χ0n) is 8.85. The number of pyridine rings is 1. The van der Waals surface area contributed by atoms with Crippen LogP contribution in [0, 0.1) is 3.70 Å². The minimum absolute atomic E-state index is 0.228. The van der Waals surface area contributed by atoms with E-state index in [2.05, 4.69) is 10.3 Å². The molecule has 1 aromatic carbocycles. The van der Waals surface area contributed by atoms with E-state index in [-0.39, 0.29) is 5.91 Å². The molecular weight excluding hydrogens is 329 g/mol. The SMILES string of the molecule is Nc1c(C(=O)Nc2ccccc2)ccnc1I. The molecule has 5 heteroatoms. The highest BCUT2D eigenvalue weighted by Crippen LogP contribution is 2.18. The molecule has 0 saturated carbocycles. The second kappa shape index (κ2) is 5.13. The summed E-state index contributed by atoms with van der Waals surface area (Å²) in [5.41, 5.74) is 7.39. The number of carbonyl (C=O) groups is 1. The quantitative estimate of drug-likeness (QED) is 0.653. The van der Waals surface area contributed by atoms with Crippen LogP contribution < -0.4 is 11.1 Å². The minimum Gasteiger partial charge on any atom is -0.396 e. The molecule has 0 atom stereocenters. The average molecular weight is 339 g/mol. The summed E-state index contributed by atoms with van der Waals surface area (Å²) in [6.45, 7) is 0. The summed E-state index contributed by atoms with van der Waals surface area (Å²) in [5, 5.41) is 2.78. The largest absolute Gasteiger partial charge is 0.396 e. The average Bonchev–Trinajstić information content (AvgIpc) is 2.34. The van der Waals surface area contributed by atoms with Gasteiger partial charge in [0.15, 0.2) is 0 Å². The van der Waals surface area contributed by atoms with Crippen LogP contribution in [-0.2, 0) is 0 Å². The number of nitrogens with two attached hydrogens (primary N) is 1. The first-order valence-corrected chi connectivity index (χ1v) is 6.03. The van der Waals surface area contributed by atoms with Gasteiger partial charge in [0.1, 0.15) is 3.70 Å². The third-order valence-electron chi connectivity index (χ3n) is 2.22. The summed E-state index contributed by atoms with van der Waals surface area (Å²) in [5.74, 6) is -0.228. The monoisotopic (exact) mass is 339 g/mol. The lowest BCUT2D eigenvalue weighted by molar-refractivity contribution is 0.102. The molecule has 0 aliphatic rings. The Balaban J connectivity index is 2.24. The van der Waals surface area contributed by atoms with Crippen molar-refractivity contribution >= 4 is 39.9 Å². The van der Waals surface area contributed by atoms with Crippen molar-refractivity contribution in [3.63, 3.8) is 0 Å². The van der Waals surface area contributed by atoms with Gasteiger partial charge in [0.25, 0.3) is 5.91 Å². The molecule has 17 heavy (non-hydrogen) atoms. The van der Waals surface area contributed by atoms with Gasteiger partial charge in [0.2, 0.25) is 0 Å². The highest BCUT2D eigenvalue weighted by atomic mass is 127. The van der Waals surface area contributed by atoms with E-state index in [9.17, 15) is 4.79 Å². The van der Waals surface area contributed by atoms with E-state index in [0.717, 1.165) is 5.69 Å². The van der Waals surface area contributed by atoms with E-state index in [0.29, 0.717) is 15.0 Å². The first-order valence-electron chi connectivity index (χ1n) is 4.95. The number of benzene rings is 1. The molecule has 2 aromatic rings. The van der Waals surface area contributed by atoms with E-state index in [1.807, 2.05) is 52.9 Å². The van der Waals surface area contributed by atoms with E-state index in [1.54, 1.807) is 12.3 Å². The molecule has 0 aliphatic carbocycles. The van der Waals surface area contributed by atoms with Gasteiger partial charge in [-0.15, -0.1) is 0 Å². The zero-order chi connectivity index (χ0) is 12.3. The third-order valence-corrected chi connectivity index (χ3v) is 3.08. The summed E-state index contributed by atoms with van der Waals surface area (Å²) < 4.78 is 0.628. The van der Waals surface area contributed by atoms with Crippen LogP contribution in [0.15, 0.2) is 42.6 Å². The Morgan fingerprint density at radius 1 is 1.24 bits per heavy atom. The fourth-order valence-electron chi connectivity index (χ4n) is 1.37. The third kappa shape index (κ3) is 2.73. The molecule has 1 heterocycles. The molecule has 0 aliphatic heterocycles. The van der Waals surface area contributed by atoms with Crippen molar-refractivity contribution in [2.45, 2.75) is 0 Å². The summed E-state index contributed by atoms with van der Waals surface area (Å²) in [6.07, 6.45) is 1.57. The van der Waals surface area contributed by atoms with Crippen molar-refractivity contribution in [2.24, 2.45) is 0 Å². The van der Waals surface area contributed by atoms with Crippen LogP contribution in [0.2, 0.25) is 0 Å². The molecular formula is C12H10IN3O. The zero-order valence-corrected chi connectivity index (χ0v) is 11.0. The van der Waals surface area contributed by atoms with E-state index in [4.69, 9.17) is 5.73 Å². The summed E-state index contributed by atoms with van der Waals surface area (Å²) in [7, 11) is 0. The summed E-state index contributed by atoms with van der Waals surface area (Å²) in [4.78, 5) is 16.0. The Bertz CT molecular complexity index is 543. The first-order chi connectivity index (χ1) is 8.18. The molecule has 2 rings (SSSR count). The second-order valence-electron chi connectivity index (χ2n) is 3.38. The number of anilines is 2. The molecule has 0 saturated heterocycles. The van der Waals surface area contributed by atoms with Crippen molar-refractivity contribution < 1.29 is 4.79 Å². The van der Waals surface area contributed by atoms with Crippen LogP contribution in [0.5, 0.6) is 0 Å². The number of rotatable bonds is 2. The predicted molar refractivity (Wildman–Crippen MR) is 75.8 cm³/mol. The Morgan fingerprint density at radius 3 is 2.65 bits per heavy atom. The Kier molecular flexibility index (Phi) is 3.58. The maximum Gasteiger partial charge on any atom is 0.257 e. The highest BCUT2D eigenvalue weighted by Gasteiger charge is 2.12. The van der Waals surface area contributed by atoms with Crippen molar-refractivity contribution in [2.75, 3.05) is 11.1 Å². The predicted octanol–water partition coefficient (Wildman–Crippen LogP) is 2.52. The lowest BCUT2D eigenvalue weighted by Crippen LogP contribution is -2.15. The lowest BCUT2D eigenvalue weighted by atomic mass is 10.2. The van der Waals surface area contributed by atoms with Crippen LogP contribution >= 0.6 is 22.6 Å². The van der Waals surface area contributed by atoms with Crippen LogP contribution in [0.1, 0.15) is 10.4 Å². The Hall–Kier alpha value is -1.63. The van der Waals surface area contributed by atoms with E-state index in [1.165, 1.54) is 0 Å². The fourth-order valence-corrected chi connectivity index (χ4v) is 1.82. The second-order valence-corrected chi connectivity index (χ2v) is 4.40. The number of nitrogens with zero attached hydrogens (tertiary/aromatic N) is 1. The van der Waals surface area contributed by atoms with E-state index >= 15 is 0 Å². The summed E-state index contributed by atoms with van der Waals surface area (Å²) >= 11 is 2.00. The number of halogens is 1. The summed E-state index contributed by atoms with van der Waals surface area (Å²) in [6, 6.07) is 10.8. The molecule has 3 N–H and O–H groups in total. The maximum absolute atomic E-state index is 12.0. The fraction of sp³-hybridized carbons (Fsp3) is 0. The van der Waals surface area contributed by atoms with Gasteiger partial charge >= 0.3 is 0 Å². The van der Waals surface area contributed by atoms with Crippen molar-refractivity contribution in [1.82, 2.24) is 4.98 Å². The number of nitrogens with one attached hydrogen (secondary N) is 1. The number of carbonyl (C=O) groups excluding carboxylic acids is 1. The van der Waals surface area contributed by atoms with Crippen LogP contribution in [0.3, 0.4) is 0 Å². The molecule has 4 nitrogen and oxygen atoms in total. The maximum atomic E-state index is 12.0. The van der Waals surface area contributed by atoms with Gasteiger partial charge in [-0.3, -0.25) is 4.79 Å². The number of amides is 1. The molecule has 0 fully saturated rings. The number of para-hydroxylation sites is 1. The molecule has 1 aromatic heterocycles. The number of nitrogen functional groups attached to an aromatic ring is 1. The molecule has 86 valence electrons. The number of hydrogen-bond donors (Lipinski definition) is 2. The molecule has 0 unspecified atom stereocenters. The molecule has 1 amide bonds. The van der Waals surface area contributed by atoms with Crippen LogP contribution in [0.4, 0.5) is 11.4 Å². The standard InChI is InChI=1S/C12H10IN3O/c13-11-10(14)9(6-7-15-11)12(17)16-8-4-2-1-3-5-8/h1-7H,14H2,(H,16,17). The van der Waals surface area contributed by atoms with Crippen molar-refractivity contribution in [1.29, 1.82) is 0 Å². The van der Waals surface area contributed by atoms with Gasteiger partial charge < -0.3 is 11.1 Å². The highest BCUT2D eigenvalue weighted by molar-refractivity contribution is 14.1. The number of hydrogen-bond acceptors (Lipinski definition) is 3. The smallest absolute Gasteiger partial charge is 0.257 e. The van der Waals surface area contributed by atoms with Gasteiger partial charge in [-0.1, -0.05) is 18.2 Å². The first kappa shape index (κ1) is 11.8. The van der Waals surface area contributed by atoms with E-state index < -0.39 is 0 Å². The Labute approximate surface area is 112 Å². The normalized spacial score (nSPS) is 9.94. The van der Waals surface area contributed by atoms with Crippen molar-refractivity contribution in [3.8, 4) is 0 Å². The molecule has 0 spiro atoms.